The third-order valence-corrected chi connectivity index (χ3v) is 5.83. The predicted octanol–water partition coefficient (Wildman–Crippen LogP) is 4.83. The van der Waals surface area contributed by atoms with Gasteiger partial charge in [0.25, 0.3) is 0 Å². The molecule has 2 aromatic rings. The molecule has 196 valence electrons. The number of rotatable bonds is 6. The van der Waals surface area contributed by atoms with Crippen LogP contribution in [0.5, 0.6) is 0 Å². The van der Waals surface area contributed by atoms with Gasteiger partial charge in [0.2, 0.25) is 0 Å². The maximum Gasteiger partial charge on any atom is 0.476 e. The van der Waals surface area contributed by atoms with Crippen molar-refractivity contribution in [2.75, 3.05) is 25.2 Å². The Morgan fingerprint density at radius 2 is 1.67 bits per heavy atom. The van der Waals surface area contributed by atoms with Crippen LogP contribution in [0.4, 0.5) is 37.0 Å². The van der Waals surface area contributed by atoms with E-state index in [0.29, 0.717) is 21.7 Å². The van der Waals surface area contributed by atoms with E-state index in [2.05, 4.69) is 9.84 Å². The van der Waals surface area contributed by atoms with Crippen molar-refractivity contribution < 1.29 is 49.6 Å². The Kier molecular flexibility index (Phi) is 8.86. The standard InChI is InChI=1S/C18H12Cl2F6N4O5S/c1-8(31)34-3-4-35-16(32)29(2)15-14(36(33)18(24,25)26)12(7-27)28-30(15)13-10(19)5-9(6-11(13)20)17(21,22)23/h5-6H,3-4H2,1-2H3. The number of aromatic nitrogens is 2. The highest BCUT2D eigenvalue weighted by molar-refractivity contribution is 7.86. The molecule has 1 aromatic heterocycles. The van der Waals surface area contributed by atoms with Gasteiger partial charge in [0.15, 0.2) is 22.3 Å². The van der Waals surface area contributed by atoms with Crippen molar-refractivity contribution in [1.82, 2.24) is 9.78 Å². The fourth-order valence-electron chi connectivity index (χ4n) is 2.63. The number of alkyl halides is 6. The van der Waals surface area contributed by atoms with E-state index in [1.165, 1.54) is 6.07 Å². The third kappa shape index (κ3) is 6.39. The molecule has 18 heteroatoms. The fourth-order valence-corrected chi connectivity index (χ4v) is 4.16. The predicted molar refractivity (Wildman–Crippen MR) is 112 cm³/mol. The molecule has 0 fully saturated rings. The molecular formula is C18H12Cl2F6N4O5S. The summed E-state index contributed by atoms with van der Waals surface area (Å²) in [4.78, 5) is 22.3. The van der Waals surface area contributed by atoms with Crippen molar-refractivity contribution in [3.8, 4) is 11.8 Å². The maximum absolute atomic E-state index is 13.4. The molecular weight excluding hydrogens is 569 g/mol. The number of halogens is 8. The Morgan fingerprint density at radius 3 is 2.11 bits per heavy atom. The molecule has 0 N–H and O–H groups in total. The molecule has 1 heterocycles. The summed E-state index contributed by atoms with van der Waals surface area (Å²) in [7, 11) is -3.11. The van der Waals surface area contributed by atoms with E-state index in [9.17, 15) is 45.4 Å². The van der Waals surface area contributed by atoms with Crippen molar-refractivity contribution in [1.29, 1.82) is 5.26 Å². The van der Waals surface area contributed by atoms with E-state index >= 15 is 0 Å². The Hall–Kier alpha value is -3.03. The van der Waals surface area contributed by atoms with Gasteiger partial charge in [-0.05, 0) is 12.1 Å². The summed E-state index contributed by atoms with van der Waals surface area (Å²) in [6.45, 7) is 0.0865. The highest BCUT2D eigenvalue weighted by Gasteiger charge is 2.44. The number of nitrogens with zero attached hydrogens (tertiary/aromatic N) is 4. The SMILES string of the molecule is CC(=O)OCCOC(=O)N(C)c1c(S(=O)C(F)(F)F)c(C#N)nn1-c1c(Cl)cc(C(F)(F)F)cc1Cl. The quantitative estimate of drug-likeness (QED) is 0.273. The number of benzene rings is 1. The lowest BCUT2D eigenvalue weighted by Gasteiger charge is -2.21. The molecule has 0 saturated heterocycles. The van der Waals surface area contributed by atoms with Crippen LogP contribution in [-0.4, -0.2) is 51.8 Å². The van der Waals surface area contributed by atoms with E-state index in [4.69, 9.17) is 27.9 Å². The minimum atomic E-state index is -5.44. The lowest BCUT2D eigenvalue weighted by molar-refractivity contribution is -0.142. The van der Waals surface area contributed by atoms with Gasteiger partial charge in [0, 0.05) is 14.0 Å². The van der Waals surface area contributed by atoms with Gasteiger partial charge in [-0.25, -0.2) is 13.7 Å². The van der Waals surface area contributed by atoms with Gasteiger partial charge in [-0.3, -0.25) is 9.69 Å². The lowest BCUT2D eigenvalue weighted by Crippen LogP contribution is -2.32. The second kappa shape index (κ2) is 10.9. The van der Waals surface area contributed by atoms with E-state index in [1.807, 2.05) is 0 Å². The maximum atomic E-state index is 13.4. The zero-order valence-corrected chi connectivity index (χ0v) is 20.2. The summed E-state index contributed by atoms with van der Waals surface area (Å²) in [5.74, 6) is -1.70. The highest BCUT2D eigenvalue weighted by Crippen LogP contribution is 2.42. The van der Waals surface area contributed by atoms with E-state index in [-0.39, 0.29) is 0 Å². The highest BCUT2D eigenvalue weighted by atomic mass is 35.5. The minimum Gasteiger partial charge on any atom is -0.462 e. The molecule has 0 spiro atoms. The molecule has 0 bridgehead atoms. The van der Waals surface area contributed by atoms with Crippen molar-refractivity contribution >= 4 is 51.9 Å². The zero-order chi connectivity index (χ0) is 27.6. The Labute approximate surface area is 210 Å². The molecule has 1 amide bonds. The molecule has 0 aliphatic heterocycles. The van der Waals surface area contributed by atoms with Crippen LogP contribution in [0.1, 0.15) is 18.2 Å². The fraction of sp³-hybridized carbons (Fsp3) is 0.333. The summed E-state index contributed by atoms with van der Waals surface area (Å²) < 4.78 is 101. The van der Waals surface area contributed by atoms with Crippen molar-refractivity contribution in [3.05, 3.63) is 33.4 Å². The van der Waals surface area contributed by atoms with Crippen molar-refractivity contribution in [2.24, 2.45) is 0 Å². The number of nitriles is 1. The molecule has 2 rings (SSSR count). The second-order valence-corrected chi connectivity index (χ2v) is 8.76. The first-order valence-electron chi connectivity index (χ1n) is 9.12. The number of anilines is 1. The first-order valence-corrected chi connectivity index (χ1v) is 11.0. The first-order chi connectivity index (χ1) is 16.5. The van der Waals surface area contributed by atoms with Crippen LogP contribution in [0.3, 0.4) is 0 Å². The third-order valence-electron chi connectivity index (χ3n) is 4.08. The van der Waals surface area contributed by atoms with E-state index in [1.54, 1.807) is 0 Å². The minimum absolute atomic E-state index is 0.352. The Balaban J connectivity index is 2.75. The van der Waals surface area contributed by atoms with Crippen LogP contribution in [0.15, 0.2) is 17.0 Å². The zero-order valence-electron chi connectivity index (χ0n) is 17.8. The molecule has 0 saturated carbocycles. The average molecular weight is 581 g/mol. The monoisotopic (exact) mass is 580 g/mol. The van der Waals surface area contributed by atoms with Crippen LogP contribution in [0.2, 0.25) is 10.0 Å². The van der Waals surface area contributed by atoms with Gasteiger partial charge in [-0.1, -0.05) is 23.2 Å². The smallest absolute Gasteiger partial charge is 0.462 e. The number of hydrogen-bond donors (Lipinski definition) is 0. The first kappa shape index (κ1) is 29.2. The van der Waals surface area contributed by atoms with Crippen LogP contribution in [-0.2, 0) is 31.2 Å². The van der Waals surface area contributed by atoms with Crippen LogP contribution < -0.4 is 4.90 Å². The topological polar surface area (TPSA) is 115 Å². The summed E-state index contributed by atoms with van der Waals surface area (Å²) in [6.07, 6.45) is -6.30. The Bertz CT molecular complexity index is 1240. The van der Waals surface area contributed by atoms with Crippen molar-refractivity contribution in [3.63, 3.8) is 0 Å². The molecule has 0 aliphatic carbocycles. The summed E-state index contributed by atoms with van der Waals surface area (Å²) in [6, 6.07) is 2.06. The molecule has 36 heavy (non-hydrogen) atoms. The summed E-state index contributed by atoms with van der Waals surface area (Å²) in [5, 5.41) is 11.3. The number of carbonyl (C=O) groups excluding carboxylic acids is 2. The largest absolute Gasteiger partial charge is 0.476 e. The van der Waals surface area contributed by atoms with Gasteiger partial charge >= 0.3 is 23.7 Å². The van der Waals surface area contributed by atoms with Gasteiger partial charge < -0.3 is 9.47 Å². The van der Waals surface area contributed by atoms with Gasteiger partial charge in [0.05, 0.1) is 15.6 Å². The van der Waals surface area contributed by atoms with E-state index < -0.39 is 85.5 Å². The number of hydrogen-bond acceptors (Lipinski definition) is 7. The molecule has 1 aromatic carbocycles. The number of carbonyl (C=O) groups is 2. The number of esters is 1. The summed E-state index contributed by atoms with van der Waals surface area (Å²) >= 11 is 11.9. The molecule has 0 aliphatic rings. The van der Waals surface area contributed by atoms with Gasteiger partial charge in [-0.2, -0.15) is 36.7 Å². The summed E-state index contributed by atoms with van der Waals surface area (Å²) in [5.41, 5.74) is -8.50. The average Bonchev–Trinajstić information content (AvgIpc) is 3.12. The van der Waals surface area contributed by atoms with Crippen molar-refractivity contribution in [2.45, 2.75) is 23.5 Å². The molecule has 0 radical (unpaired) electrons. The second-order valence-electron chi connectivity index (χ2n) is 6.54. The van der Waals surface area contributed by atoms with Crippen LogP contribution in [0.25, 0.3) is 5.69 Å². The van der Waals surface area contributed by atoms with Crippen LogP contribution >= 0.6 is 23.2 Å². The molecule has 1 atom stereocenters. The van der Waals surface area contributed by atoms with Gasteiger partial charge in [0.1, 0.15) is 29.9 Å². The number of ether oxygens (including phenoxy) is 2. The number of amides is 1. The van der Waals surface area contributed by atoms with Gasteiger partial charge in [-0.15, -0.1) is 0 Å². The molecule has 9 nitrogen and oxygen atoms in total. The lowest BCUT2D eigenvalue weighted by atomic mass is 10.2. The van der Waals surface area contributed by atoms with E-state index in [0.717, 1.165) is 14.0 Å². The normalized spacial score (nSPS) is 12.6. The Morgan fingerprint density at radius 1 is 1.14 bits per heavy atom. The molecule has 1 unspecified atom stereocenters. The van der Waals surface area contributed by atoms with Crippen LogP contribution in [0, 0.1) is 11.3 Å².